The Bertz CT molecular complexity index is 381. The van der Waals surface area contributed by atoms with Crippen LogP contribution in [-0.4, -0.2) is 22.8 Å². The van der Waals surface area contributed by atoms with Gasteiger partial charge in [-0.2, -0.15) is 4.98 Å². The van der Waals surface area contributed by atoms with E-state index in [1.165, 1.54) is 6.42 Å². The van der Waals surface area contributed by atoms with Gasteiger partial charge in [0.25, 0.3) is 0 Å². The molecule has 0 amide bonds. The number of hydrogen-bond acceptors (Lipinski definition) is 5. The zero-order valence-corrected chi connectivity index (χ0v) is 10.8. The molecule has 0 radical (unpaired) electrons. The molecule has 2 rings (SSSR count). The molecule has 0 saturated heterocycles. The van der Waals surface area contributed by atoms with Crippen LogP contribution < -0.4 is 5.73 Å². The molecule has 1 heterocycles. The van der Waals surface area contributed by atoms with Gasteiger partial charge in [0, 0.05) is 19.1 Å². The minimum absolute atomic E-state index is 0.126. The van der Waals surface area contributed by atoms with E-state index < -0.39 is 5.60 Å². The number of hydrogen-bond donors (Lipinski definition) is 1. The van der Waals surface area contributed by atoms with Gasteiger partial charge in [0.2, 0.25) is 11.7 Å². The molecule has 0 spiro atoms. The van der Waals surface area contributed by atoms with Gasteiger partial charge in [-0.3, -0.25) is 0 Å². The van der Waals surface area contributed by atoms with E-state index in [0.29, 0.717) is 18.1 Å². The van der Waals surface area contributed by atoms with Crippen molar-refractivity contribution in [3.8, 4) is 0 Å². The molecule has 1 aromatic heterocycles. The first-order valence-corrected chi connectivity index (χ1v) is 6.18. The van der Waals surface area contributed by atoms with Crippen LogP contribution in [-0.2, 0) is 16.8 Å². The van der Waals surface area contributed by atoms with Gasteiger partial charge in [0.1, 0.15) is 5.60 Å². The summed E-state index contributed by atoms with van der Waals surface area (Å²) in [6, 6.07) is 0. The molecule has 96 valence electrons. The van der Waals surface area contributed by atoms with Crippen LogP contribution in [0.5, 0.6) is 0 Å². The highest BCUT2D eigenvalue weighted by molar-refractivity contribution is 5.04. The topological polar surface area (TPSA) is 74.2 Å². The molecule has 5 nitrogen and oxygen atoms in total. The maximum absolute atomic E-state index is 6.16. The summed E-state index contributed by atoms with van der Waals surface area (Å²) in [5.41, 5.74) is 5.56. The lowest BCUT2D eigenvalue weighted by molar-refractivity contribution is -0.0106. The molecule has 5 heteroatoms. The zero-order chi connectivity index (χ0) is 12.5. The second kappa shape index (κ2) is 4.38. The summed E-state index contributed by atoms with van der Waals surface area (Å²) < 4.78 is 10.7. The van der Waals surface area contributed by atoms with Gasteiger partial charge in [0.15, 0.2) is 0 Å². The fourth-order valence-corrected chi connectivity index (χ4v) is 2.04. The molecule has 2 N–H and O–H groups in total. The van der Waals surface area contributed by atoms with E-state index in [1.807, 2.05) is 13.8 Å². The zero-order valence-electron chi connectivity index (χ0n) is 10.8. The Morgan fingerprint density at radius 2 is 2.24 bits per heavy atom. The normalized spacial score (nSPS) is 21.9. The van der Waals surface area contributed by atoms with Gasteiger partial charge in [-0.25, -0.2) is 0 Å². The van der Waals surface area contributed by atoms with E-state index in [2.05, 4.69) is 10.1 Å². The fourth-order valence-electron chi connectivity index (χ4n) is 2.04. The summed E-state index contributed by atoms with van der Waals surface area (Å²) in [4.78, 5) is 4.41. The highest BCUT2D eigenvalue weighted by atomic mass is 16.5. The monoisotopic (exact) mass is 239 g/mol. The van der Waals surface area contributed by atoms with Gasteiger partial charge in [-0.15, -0.1) is 0 Å². The van der Waals surface area contributed by atoms with E-state index in [-0.39, 0.29) is 5.54 Å². The third kappa shape index (κ3) is 2.35. The van der Waals surface area contributed by atoms with Crippen LogP contribution in [0.3, 0.4) is 0 Å². The van der Waals surface area contributed by atoms with E-state index in [0.717, 1.165) is 19.3 Å². The van der Waals surface area contributed by atoms with Crippen molar-refractivity contribution in [2.45, 2.75) is 57.1 Å². The number of nitrogens with zero attached hydrogens (tertiary/aromatic N) is 2. The predicted molar refractivity (Wildman–Crippen MR) is 63.4 cm³/mol. The summed E-state index contributed by atoms with van der Waals surface area (Å²) in [6.07, 6.45) is 4.75. The second-order valence-corrected chi connectivity index (χ2v) is 5.19. The van der Waals surface area contributed by atoms with E-state index >= 15 is 0 Å². The summed E-state index contributed by atoms with van der Waals surface area (Å²) in [7, 11) is 1.66. The minimum Gasteiger partial charge on any atom is -0.370 e. The van der Waals surface area contributed by atoms with E-state index in [4.69, 9.17) is 15.0 Å². The molecule has 0 aliphatic heterocycles. The first-order valence-electron chi connectivity index (χ1n) is 6.18. The quantitative estimate of drug-likeness (QED) is 0.847. The molecule has 1 aromatic rings. The van der Waals surface area contributed by atoms with Crippen LogP contribution in [0.25, 0.3) is 0 Å². The van der Waals surface area contributed by atoms with E-state index in [9.17, 15) is 0 Å². The second-order valence-electron chi connectivity index (χ2n) is 5.19. The highest BCUT2D eigenvalue weighted by Gasteiger charge is 2.36. The standard InChI is InChI=1S/C12H21N3O2/c1-4-11(2,16-3)10-14-9(17-15-10)8-12(13)6-5-7-12/h4-8,13H2,1-3H3. The average molecular weight is 239 g/mol. The molecular formula is C12H21N3O2. The minimum atomic E-state index is -0.469. The molecule has 1 unspecified atom stereocenters. The molecule has 0 bridgehead atoms. The first-order chi connectivity index (χ1) is 8.01. The fraction of sp³-hybridized carbons (Fsp3) is 0.833. The summed E-state index contributed by atoms with van der Waals surface area (Å²) in [5, 5.41) is 4.01. The lowest BCUT2D eigenvalue weighted by Gasteiger charge is -2.36. The molecule has 1 aliphatic carbocycles. The van der Waals surface area contributed by atoms with Crippen LogP contribution in [0.15, 0.2) is 4.52 Å². The van der Waals surface area contributed by atoms with Crippen molar-refractivity contribution < 1.29 is 9.26 Å². The number of nitrogens with two attached hydrogens (primary N) is 1. The molecular weight excluding hydrogens is 218 g/mol. The molecule has 1 atom stereocenters. The maximum atomic E-state index is 6.16. The van der Waals surface area contributed by atoms with Crippen LogP contribution in [0.1, 0.15) is 51.2 Å². The molecule has 17 heavy (non-hydrogen) atoms. The van der Waals surface area contributed by atoms with Crippen molar-refractivity contribution >= 4 is 0 Å². The molecule has 1 fully saturated rings. The van der Waals surface area contributed by atoms with Crippen molar-refractivity contribution in [1.29, 1.82) is 0 Å². The lowest BCUT2D eigenvalue weighted by atomic mass is 9.75. The van der Waals surface area contributed by atoms with E-state index in [1.54, 1.807) is 7.11 Å². The van der Waals surface area contributed by atoms with Crippen LogP contribution in [0.4, 0.5) is 0 Å². The van der Waals surface area contributed by atoms with Gasteiger partial charge in [-0.1, -0.05) is 12.1 Å². The Morgan fingerprint density at radius 3 is 2.71 bits per heavy atom. The average Bonchev–Trinajstić information content (AvgIpc) is 2.75. The number of rotatable bonds is 5. The number of ether oxygens (including phenoxy) is 1. The highest BCUT2D eigenvalue weighted by Crippen LogP contribution is 2.33. The number of aromatic nitrogens is 2. The van der Waals surface area contributed by atoms with Crippen LogP contribution in [0, 0.1) is 0 Å². The van der Waals surface area contributed by atoms with Crippen molar-refractivity contribution in [3.63, 3.8) is 0 Å². The molecule has 0 aromatic carbocycles. The van der Waals surface area contributed by atoms with Crippen LogP contribution >= 0.6 is 0 Å². The third-order valence-corrected chi connectivity index (χ3v) is 3.92. The first kappa shape index (κ1) is 12.5. The summed E-state index contributed by atoms with van der Waals surface area (Å²) >= 11 is 0. The SMILES string of the molecule is CCC(C)(OC)c1noc(CC2(N)CCC2)n1. The third-order valence-electron chi connectivity index (χ3n) is 3.92. The Balaban J connectivity index is 2.10. The van der Waals surface area contributed by atoms with Gasteiger partial charge in [0.05, 0.1) is 0 Å². The molecule has 1 saturated carbocycles. The Kier molecular flexibility index (Phi) is 3.23. The van der Waals surface area contributed by atoms with Gasteiger partial charge < -0.3 is 15.0 Å². The van der Waals surface area contributed by atoms with Gasteiger partial charge in [-0.05, 0) is 32.6 Å². The predicted octanol–water partition coefficient (Wildman–Crippen LogP) is 1.77. The van der Waals surface area contributed by atoms with Crippen molar-refractivity contribution in [1.82, 2.24) is 10.1 Å². The molecule has 1 aliphatic rings. The Morgan fingerprint density at radius 1 is 1.53 bits per heavy atom. The maximum Gasteiger partial charge on any atom is 0.228 e. The Labute approximate surface area is 102 Å². The summed E-state index contributed by atoms with van der Waals surface area (Å²) in [6.45, 7) is 4.00. The smallest absolute Gasteiger partial charge is 0.228 e. The van der Waals surface area contributed by atoms with Crippen molar-refractivity contribution in [2.75, 3.05) is 7.11 Å². The summed E-state index contributed by atoms with van der Waals surface area (Å²) in [5.74, 6) is 1.24. The number of methoxy groups -OCH3 is 1. The Hall–Kier alpha value is -0.940. The van der Waals surface area contributed by atoms with Crippen molar-refractivity contribution in [2.24, 2.45) is 5.73 Å². The largest absolute Gasteiger partial charge is 0.370 e. The lowest BCUT2D eigenvalue weighted by Crippen LogP contribution is -2.48. The van der Waals surface area contributed by atoms with Gasteiger partial charge >= 0.3 is 0 Å². The van der Waals surface area contributed by atoms with Crippen LogP contribution in [0.2, 0.25) is 0 Å². The van der Waals surface area contributed by atoms with Crippen molar-refractivity contribution in [3.05, 3.63) is 11.7 Å².